The maximum atomic E-state index is 12.4. The van der Waals surface area contributed by atoms with Gasteiger partial charge in [0.2, 0.25) is 29.5 Å². The van der Waals surface area contributed by atoms with Crippen LogP contribution in [0.2, 0.25) is 0 Å². The summed E-state index contributed by atoms with van der Waals surface area (Å²) < 4.78 is 0. The molecule has 11 N–H and O–H groups in total. The lowest BCUT2D eigenvalue weighted by Crippen LogP contribution is -2.57. The molecule has 1 aromatic heterocycles. The molecule has 0 saturated heterocycles. The van der Waals surface area contributed by atoms with Crippen LogP contribution in [0, 0.1) is 0 Å². The molecule has 1 rings (SSSR count). The third-order valence-corrected chi connectivity index (χ3v) is 4.14. The molecular weight excluding hydrogens is 428 g/mol. The van der Waals surface area contributed by atoms with E-state index < -0.39 is 72.5 Å². The van der Waals surface area contributed by atoms with Gasteiger partial charge in [-0.25, -0.2) is 9.78 Å². The van der Waals surface area contributed by atoms with Gasteiger partial charge in [0.25, 0.3) is 0 Å². The van der Waals surface area contributed by atoms with Gasteiger partial charge in [0.05, 0.1) is 25.2 Å². The third kappa shape index (κ3) is 8.78. The van der Waals surface area contributed by atoms with Crippen LogP contribution in [0.3, 0.4) is 0 Å². The van der Waals surface area contributed by atoms with Gasteiger partial charge < -0.3 is 43.2 Å². The molecule has 32 heavy (non-hydrogen) atoms. The van der Waals surface area contributed by atoms with Gasteiger partial charge in [-0.1, -0.05) is 0 Å². The van der Waals surface area contributed by atoms with Crippen LogP contribution in [0.25, 0.3) is 0 Å². The Balaban J connectivity index is 2.75. The van der Waals surface area contributed by atoms with Gasteiger partial charge in [0.1, 0.15) is 18.1 Å². The number of carbonyl (C=O) groups excluding carboxylic acids is 5. The van der Waals surface area contributed by atoms with Crippen molar-refractivity contribution in [3.05, 3.63) is 18.2 Å². The fraction of sp³-hybridized carbons (Fsp3) is 0.471. The van der Waals surface area contributed by atoms with Crippen molar-refractivity contribution < 1.29 is 33.9 Å². The zero-order valence-corrected chi connectivity index (χ0v) is 17.2. The van der Waals surface area contributed by atoms with Crippen molar-refractivity contribution in [2.45, 2.75) is 50.4 Å². The van der Waals surface area contributed by atoms with Crippen LogP contribution in [0.1, 0.15) is 25.5 Å². The Bertz CT molecular complexity index is 857. The number of carboxylic acid groups (broad SMARTS) is 1. The first kappa shape index (κ1) is 26.0. The highest BCUT2D eigenvalue weighted by Gasteiger charge is 2.30. The van der Waals surface area contributed by atoms with Crippen molar-refractivity contribution in [3.8, 4) is 0 Å². The average molecular weight is 454 g/mol. The topological polar surface area (TPSA) is 265 Å². The van der Waals surface area contributed by atoms with Crippen LogP contribution in [0.5, 0.6) is 0 Å². The molecular formula is C17H26N8O7. The number of nitrogens with one attached hydrogen (secondary N) is 4. The largest absolute Gasteiger partial charge is 0.480 e. The molecule has 0 aromatic carbocycles. The molecule has 0 aliphatic heterocycles. The number of aliphatic carboxylic acids is 1. The Labute approximate surface area is 181 Å². The number of primary amides is 2. The SMILES string of the molecule is CC(NC(=O)C(N)Cc1cnc[nH]1)C(=O)NC(CC(N)=O)C(=O)NC(CC(N)=O)C(=O)O. The quantitative estimate of drug-likeness (QED) is 0.143. The number of carboxylic acids is 1. The van der Waals surface area contributed by atoms with Crippen LogP contribution >= 0.6 is 0 Å². The Kier molecular flexibility index (Phi) is 9.75. The molecule has 0 aliphatic rings. The lowest BCUT2D eigenvalue weighted by Gasteiger charge is -2.22. The zero-order valence-electron chi connectivity index (χ0n) is 17.2. The zero-order chi connectivity index (χ0) is 24.4. The molecule has 176 valence electrons. The van der Waals surface area contributed by atoms with E-state index >= 15 is 0 Å². The van der Waals surface area contributed by atoms with Gasteiger partial charge in [-0.2, -0.15) is 0 Å². The molecule has 0 saturated carbocycles. The Hall–Kier alpha value is -4.01. The number of nitrogens with zero attached hydrogens (tertiary/aromatic N) is 1. The van der Waals surface area contributed by atoms with Crippen LogP contribution in [0.4, 0.5) is 0 Å². The van der Waals surface area contributed by atoms with Crippen molar-refractivity contribution in [1.29, 1.82) is 0 Å². The maximum Gasteiger partial charge on any atom is 0.326 e. The molecule has 15 heteroatoms. The second kappa shape index (κ2) is 12.0. The molecule has 15 nitrogen and oxygen atoms in total. The second-order valence-corrected chi connectivity index (χ2v) is 6.92. The fourth-order valence-electron chi connectivity index (χ4n) is 2.49. The van der Waals surface area contributed by atoms with Gasteiger partial charge in [-0.3, -0.25) is 24.0 Å². The summed E-state index contributed by atoms with van der Waals surface area (Å²) in [6.45, 7) is 1.31. The summed E-state index contributed by atoms with van der Waals surface area (Å²) in [5.41, 5.74) is 16.4. The van der Waals surface area contributed by atoms with E-state index in [4.69, 9.17) is 22.3 Å². The highest BCUT2D eigenvalue weighted by Crippen LogP contribution is 2.00. The first-order valence-electron chi connectivity index (χ1n) is 9.34. The lowest BCUT2D eigenvalue weighted by atomic mass is 10.1. The number of hydrogen-bond acceptors (Lipinski definition) is 8. The van der Waals surface area contributed by atoms with E-state index in [0.717, 1.165) is 0 Å². The Morgan fingerprint density at radius 1 is 0.969 bits per heavy atom. The third-order valence-electron chi connectivity index (χ3n) is 4.14. The van der Waals surface area contributed by atoms with Crippen LogP contribution in [-0.2, 0) is 35.2 Å². The van der Waals surface area contributed by atoms with Crippen molar-refractivity contribution in [2.24, 2.45) is 17.2 Å². The second-order valence-electron chi connectivity index (χ2n) is 6.92. The minimum atomic E-state index is -1.68. The normalized spacial score (nSPS) is 14.3. The number of imidazole rings is 1. The van der Waals surface area contributed by atoms with Gasteiger partial charge in [0.15, 0.2) is 0 Å². The maximum absolute atomic E-state index is 12.4. The number of carbonyl (C=O) groups is 6. The monoisotopic (exact) mass is 454 g/mol. The van der Waals surface area contributed by atoms with E-state index in [2.05, 4.69) is 20.6 Å². The average Bonchev–Trinajstić information content (AvgIpc) is 3.18. The number of aromatic amines is 1. The number of amides is 5. The van der Waals surface area contributed by atoms with Crippen LogP contribution < -0.4 is 33.2 Å². The van der Waals surface area contributed by atoms with E-state index in [9.17, 15) is 28.8 Å². The number of hydrogen-bond donors (Lipinski definition) is 8. The van der Waals surface area contributed by atoms with Crippen molar-refractivity contribution in [1.82, 2.24) is 25.9 Å². The number of aromatic nitrogens is 2. The fourth-order valence-corrected chi connectivity index (χ4v) is 2.49. The summed E-state index contributed by atoms with van der Waals surface area (Å²) >= 11 is 0. The summed E-state index contributed by atoms with van der Waals surface area (Å²) in [4.78, 5) is 77.0. The van der Waals surface area contributed by atoms with E-state index in [0.29, 0.717) is 5.69 Å². The number of rotatable bonds is 13. The summed E-state index contributed by atoms with van der Waals surface area (Å²) in [6, 6.07) is -5.41. The standard InChI is InChI=1S/C17H26N8O7/c1-7(23-15(29)9(18)2-8-5-21-6-22-8)14(28)24-10(3-12(19)26)16(30)25-11(17(31)32)4-13(20)27/h5-7,9-11H,2-4,18H2,1H3,(H2,19,26)(H2,20,27)(H,21,22)(H,23,29)(H,24,28)(H,25,30)(H,31,32). The van der Waals surface area contributed by atoms with E-state index in [-0.39, 0.29) is 6.42 Å². The van der Waals surface area contributed by atoms with Crippen molar-refractivity contribution in [3.63, 3.8) is 0 Å². The molecule has 0 bridgehead atoms. The highest BCUT2D eigenvalue weighted by molar-refractivity contribution is 5.96. The number of nitrogens with two attached hydrogens (primary N) is 3. The van der Waals surface area contributed by atoms with E-state index in [1.54, 1.807) is 0 Å². The molecule has 0 fully saturated rings. The van der Waals surface area contributed by atoms with Gasteiger partial charge in [-0.15, -0.1) is 0 Å². The molecule has 0 radical (unpaired) electrons. The van der Waals surface area contributed by atoms with Gasteiger partial charge in [-0.05, 0) is 6.92 Å². The minimum absolute atomic E-state index is 0.128. The molecule has 0 spiro atoms. The van der Waals surface area contributed by atoms with Gasteiger partial charge in [0, 0.05) is 18.3 Å². The van der Waals surface area contributed by atoms with E-state index in [1.165, 1.54) is 19.4 Å². The summed E-state index contributed by atoms with van der Waals surface area (Å²) in [7, 11) is 0. The van der Waals surface area contributed by atoms with Crippen molar-refractivity contribution in [2.75, 3.05) is 0 Å². The number of H-pyrrole nitrogens is 1. The molecule has 4 atom stereocenters. The smallest absolute Gasteiger partial charge is 0.326 e. The Morgan fingerprint density at radius 2 is 1.53 bits per heavy atom. The molecule has 5 amide bonds. The van der Waals surface area contributed by atoms with Crippen LogP contribution in [0.15, 0.2) is 12.5 Å². The van der Waals surface area contributed by atoms with Crippen LogP contribution in [-0.4, -0.2) is 74.7 Å². The Morgan fingerprint density at radius 3 is 2.03 bits per heavy atom. The molecule has 1 heterocycles. The predicted molar refractivity (Wildman–Crippen MR) is 107 cm³/mol. The van der Waals surface area contributed by atoms with Crippen molar-refractivity contribution >= 4 is 35.5 Å². The summed E-state index contributed by atoms with van der Waals surface area (Å²) in [5, 5.41) is 15.6. The first-order chi connectivity index (χ1) is 14.9. The van der Waals surface area contributed by atoms with Gasteiger partial charge >= 0.3 is 5.97 Å². The highest BCUT2D eigenvalue weighted by atomic mass is 16.4. The lowest BCUT2D eigenvalue weighted by molar-refractivity contribution is -0.144. The summed E-state index contributed by atoms with van der Waals surface area (Å²) in [6.07, 6.45) is 1.65. The predicted octanol–water partition coefficient (Wildman–Crippen LogP) is -4.41. The molecule has 1 aromatic rings. The minimum Gasteiger partial charge on any atom is -0.480 e. The molecule has 4 unspecified atom stereocenters. The summed E-state index contributed by atoms with van der Waals surface area (Å²) in [5.74, 6) is -6.12. The van der Waals surface area contributed by atoms with E-state index in [1.807, 2.05) is 5.32 Å². The first-order valence-corrected chi connectivity index (χ1v) is 9.34. The molecule has 0 aliphatic carbocycles.